The Kier molecular flexibility index (Phi) is 28.5. The first-order valence-corrected chi connectivity index (χ1v) is 21.9. The molecule has 58 heavy (non-hydrogen) atoms. The molecule has 12 unspecified atom stereocenters. The normalized spacial score (nSPS) is 29.3. The molecule has 14 nitrogen and oxygen atoms in total. The summed E-state index contributed by atoms with van der Waals surface area (Å²) in [5, 5.41) is 86.2. The van der Waals surface area contributed by atoms with Gasteiger partial charge in [-0.05, 0) is 64.2 Å². The smallest absolute Gasteiger partial charge is 0.220 e. The molecule has 0 radical (unpaired) electrons. The average molecular weight is 828 g/mol. The summed E-state index contributed by atoms with van der Waals surface area (Å²) in [6.07, 6.45) is 17.5. The minimum absolute atomic E-state index is 0.258. The molecule has 0 aromatic heterocycles. The molecule has 2 aliphatic rings. The molecule has 0 aliphatic carbocycles. The first kappa shape index (κ1) is 52.1. The van der Waals surface area contributed by atoms with Gasteiger partial charge in [0, 0.05) is 6.42 Å². The van der Waals surface area contributed by atoms with E-state index >= 15 is 0 Å². The van der Waals surface area contributed by atoms with Gasteiger partial charge in [-0.25, -0.2) is 0 Å². The van der Waals surface area contributed by atoms with Crippen LogP contribution in [0.3, 0.4) is 0 Å². The first-order valence-electron chi connectivity index (χ1n) is 21.9. The number of allylic oxidation sites excluding steroid dienone is 7. The maximum Gasteiger partial charge on any atom is 0.220 e. The van der Waals surface area contributed by atoms with Crippen molar-refractivity contribution in [2.24, 2.45) is 0 Å². The van der Waals surface area contributed by atoms with Gasteiger partial charge in [0.05, 0.1) is 32.0 Å². The lowest BCUT2D eigenvalue weighted by molar-refractivity contribution is -0.359. The van der Waals surface area contributed by atoms with Crippen LogP contribution in [0.5, 0.6) is 0 Å². The van der Waals surface area contributed by atoms with Crippen molar-refractivity contribution in [1.29, 1.82) is 0 Å². The molecule has 0 spiro atoms. The molecular weight excluding hydrogens is 750 g/mol. The molecule has 2 aliphatic heterocycles. The summed E-state index contributed by atoms with van der Waals surface area (Å²) in [5.41, 5.74) is 0. The molecule has 12 atom stereocenters. The molecular formula is C44H77NO13. The van der Waals surface area contributed by atoms with Crippen LogP contribution in [0.25, 0.3) is 0 Å². The van der Waals surface area contributed by atoms with E-state index in [2.05, 4.69) is 55.6 Å². The SMILES string of the molecule is CC/C=C/CC/C=C/CC/C=C/C(O)C(COC1OC(CO)C(OC2OC(CO)C(O)C(O)C2O)C(O)C1O)NC(=O)CCCCCCC/C=C\CCCCCCC. The quantitative estimate of drug-likeness (QED) is 0.0359. The number of hydrogen-bond donors (Lipinski definition) is 9. The predicted octanol–water partition coefficient (Wildman–Crippen LogP) is 3.76. The average Bonchev–Trinajstić information content (AvgIpc) is 3.22. The van der Waals surface area contributed by atoms with Crippen molar-refractivity contribution in [1.82, 2.24) is 5.32 Å². The summed E-state index contributed by atoms with van der Waals surface area (Å²) < 4.78 is 22.5. The van der Waals surface area contributed by atoms with E-state index in [1.54, 1.807) is 6.08 Å². The fraction of sp³-hybridized carbons (Fsp3) is 0.795. The number of hydrogen-bond acceptors (Lipinski definition) is 13. The monoisotopic (exact) mass is 828 g/mol. The van der Waals surface area contributed by atoms with Crippen molar-refractivity contribution in [2.75, 3.05) is 19.8 Å². The fourth-order valence-electron chi connectivity index (χ4n) is 6.85. The molecule has 14 heteroatoms. The van der Waals surface area contributed by atoms with Crippen molar-refractivity contribution < 1.29 is 64.6 Å². The highest BCUT2D eigenvalue weighted by molar-refractivity contribution is 5.76. The third-order valence-corrected chi connectivity index (χ3v) is 10.5. The second-order valence-corrected chi connectivity index (χ2v) is 15.4. The molecule has 336 valence electrons. The lowest BCUT2D eigenvalue weighted by atomic mass is 9.97. The number of nitrogens with one attached hydrogen (secondary N) is 1. The van der Waals surface area contributed by atoms with Gasteiger partial charge in [-0.1, -0.05) is 107 Å². The minimum Gasteiger partial charge on any atom is -0.394 e. The number of aliphatic hydroxyl groups is 8. The van der Waals surface area contributed by atoms with Gasteiger partial charge in [-0.3, -0.25) is 4.79 Å². The van der Waals surface area contributed by atoms with Gasteiger partial charge in [0.2, 0.25) is 5.91 Å². The van der Waals surface area contributed by atoms with Crippen LogP contribution in [0.2, 0.25) is 0 Å². The van der Waals surface area contributed by atoms with E-state index in [9.17, 15) is 45.6 Å². The second kappa shape index (κ2) is 31.8. The van der Waals surface area contributed by atoms with Crippen LogP contribution < -0.4 is 5.32 Å². The van der Waals surface area contributed by atoms with Crippen LogP contribution in [-0.4, -0.2) is 140 Å². The highest BCUT2D eigenvalue weighted by atomic mass is 16.7. The van der Waals surface area contributed by atoms with Crippen LogP contribution in [0.1, 0.15) is 129 Å². The summed E-state index contributed by atoms with van der Waals surface area (Å²) in [5.74, 6) is -0.269. The number of amides is 1. The zero-order chi connectivity index (χ0) is 42.5. The number of carbonyl (C=O) groups excluding carboxylic acids is 1. The summed E-state index contributed by atoms with van der Waals surface area (Å²) in [4.78, 5) is 13.1. The van der Waals surface area contributed by atoms with E-state index in [1.165, 1.54) is 32.1 Å². The molecule has 2 rings (SSSR count). The Bertz CT molecular complexity index is 1160. The third-order valence-electron chi connectivity index (χ3n) is 10.5. The van der Waals surface area contributed by atoms with E-state index in [-0.39, 0.29) is 18.9 Å². The van der Waals surface area contributed by atoms with Gasteiger partial charge in [0.15, 0.2) is 12.6 Å². The van der Waals surface area contributed by atoms with Crippen LogP contribution in [-0.2, 0) is 23.7 Å². The van der Waals surface area contributed by atoms with Crippen molar-refractivity contribution in [3.05, 3.63) is 48.6 Å². The number of carbonyl (C=O) groups is 1. The Morgan fingerprint density at radius 3 is 1.78 bits per heavy atom. The van der Waals surface area contributed by atoms with E-state index < -0.39 is 86.8 Å². The topological polar surface area (TPSA) is 228 Å². The molecule has 0 saturated carbocycles. The van der Waals surface area contributed by atoms with Crippen molar-refractivity contribution in [3.63, 3.8) is 0 Å². The van der Waals surface area contributed by atoms with Crippen molar-refractivity contribution >= 4 is 5.91 Å². The summed E-state index contributed by atoms with van der Waals surface area (Å²) in [6.45, 7) is 2.57. The Morgan fingerprint density at radius 1 is 0.621 bits per heavy atom. The van der Waals surface area contributed by atoms with Crippen molar-refractivity contribution in [2.45, 2.75) is 203 Å². The van der Waals surface area contributed by atoms with Gasteiger partial charge in [-0.15, -0.1) is 0 Å². The Hall–Kier alpha value is -2.05. The molecule has 0 aromatic carbocycles. The van der Waals surface area contributed by atoms with Gasteiger partial charge >= 0.3 is 0 Å². The molecule has 0 aromatic rings. The predicted molar refractivity (Wildman–Crippen MR) is 221 cm³/mol. The number of aliphatic hydroxyl groups excluding tert-OH is 8. The van der Waals surface area contributed by atoms with Gasteiger partial charge in [0.1, 0.15) is 48.8 Å². The maximum atomic E-state index is 13.1. The van der Waals surface area contributed by atoms with Crippen LogP contribution in [0, 0.1) is 0 Å². The Labute approximate surface area is 346 Å². The fourth-order valence-corrected chi connectivity index (χ4v) is 6.85. The van der Waals surface area contributed by atoms with Gasteiger partial charge < -0.3 is 65.1 Å². The lowest BCUT2D eigenvalue weighted by Gasteiger charge is -2.46. The van der Waals surface area contributed by atoms with Crippen LogP contribution >= 0.6 is 0 Å². The third kappa shape index (κ3) is 20.0. The zero-order valence-corrected chi connectivity index (χ0v) is 35.0. The van der Waals surface area contributed by atoms with E-state index in [0.717, 1.165) is 64.2 Å². The Morgan fingerprint density at radius 2 is 1.16 bits per heavy atom. The lowest BCUT2D eigenvalue weighted by Crippen LogP contribution is -2.65. The standard InChI is InChI=1S/C44H77NO13/c1-3-5-7-9-11-13-15-16-17-18-20-22-24-26-28-36(49)45-32(33(48)27-25-23-21-19-14-12-10-8-6-4-2)31-55-43-41(54)39(52)42(35(30-47)57-43)58-44-40(53)38(51)37(50)34(29-46)56-44/h6,8,14-16,19,25,27,32-35,37-44,46-48,50-54H,3-5,7,9-13,17-18,20-24,26,28-31H2,1-2H3,(H,45,49)/b8-6+,16-15-,19-14+,27-25+. The number of unbranched alkanes of at least 4 members (excludes halogenated alkanes) is 12. The van der Waals surface area contributed by atoms with Crippen LogP contribution in [0.15, 0.2) is 48.6 Å². The molecule has 2 heterocycles. The molecule has 2 fully saturated rings. The summed E-state index contributed by atoms with van der Waals surface area (Å²) in [7, 11) is 0. The maximum absolute atomic E-state index is 13.1. The Balaban J connectivity index is 1.93. The summed E-state index contributed by atoms with van der Waals surface area (Å²) in [6, 6.07) is -0.938. The van der Waals surface area contributed by atoms with E-state index in [4.69, 9.17) is 18.9 Å². The van der Waals surface area contributed by atoms with E-state index in [1.807, 2.05) is 6.08 Å². The van der Waals surface area contributed by atoms with Crippen LogP contribution in [0.4, 0.5) is 0 Å². The summed E-state index contributed by atoms with van der Waals surface area (Å²) >= 11 is 0. The second-order valence-electron chi connectivity index (χ2n) is 15.4. The molecule has 0 bridgehead atoms. The number of rotatable bonds is 31. The highest BCUT2D eigenvalue weighted by Gasteiger charge is 2.50. The molecule has 1 amide bonds. The van der Waals surface area contributed by atoms with E-state index in [0.29, 0.717) is 12.8 Å². The largest absolute Gasteiger partial charge is 0.394 e. The van der Waals surface area contributed by atoms with Crippen molar-refractivity contribution in [3.8, 4) is 0 Å². The van der Waals surface area contributed by atoms with Gasteiger partial charge in [-0.2, -0.15) is 0 Å². The number of ether oxygens (including phenoxy) is 4. The minimum atomic E-state index is -1.79. The first-order chi connectivity index (χ1) is 28.1. The highest BCUT2D eigenvalue weighted by Crippen LogP contribution is 2.29. The molecule has 2 saturated heterocycles. The van der Waals surface area contributed by atoms with Gasteiger partial charge in [0.25, 0.3) is 0 Å². The zero-order valence-electron chi connectivity index (χ0n) is 35.0. The molecule has 9 N–H and O–H groups in total.